The first-order valence-corrected chi connectivity index (χ1v) is 5.69. The Bertz CT molecular complexity index is 349. The Labute approximate surface area is 95.7 Å². The fourth-order valence-corrected chi connectivity index (χ4v) is 2.09. The molecule has 1 fully saturated rings. The van der Waals surface area contributed by atoms with E-state index in [2.05, 4.69) is 10.3 Å². The van der Waals surface area contributed by atoms with Gasteiger partial charge in [-0.05, 0) is 18.9 Å². The number of methoxy groups -OCH3 is 1. The van der Waals surface area contributed by atoms with Crippen molar-refractivity contribution in [1.29, 1.82) is 0 Å². The Morgan fingerprint density at radius 3 is 2.88 bits per heavy atom. The zero-order chi connectivity index (χ0) is 11.4. The van der Waals surface area contributed by atoms with Gasteiger partial charge in [-0.2, -0.15) is 4.98 Å². The molecular formula is C12H18N2O2. The van der Waals surface area contributed by atoms with E-state index in [4.69, 9.17) is 4.74 Å². The molecule has 0 spiro atoms. The third kappa shape index (κ3) is 2.64. The van der Waals surface area contributed by atoms with Gasteiger partial charge < -0.3 is 15.2 Å². The van der Waals surface area contributed by atoms with Crippen LogP contribution in [0.2, 0.25) is 0 Å². The largest absolute Gasteiger partial charge is 0.481 e. The maximum atomic E-state index is 10.2. The maximum Gasteiger partial charge on any atom is 0.214 e. The van der Waals surface area contributed by atoms with E-state index in [0.29, 0.717) is 12.4 Å². The van der Waals surface area contributed by atoms with Crippen molar-refractivity contribution >= 4 is 5.82 Å². The predicted octanol–water partition coefficient (Wildman–Crippen LogP) is 1.81. The summed E-state index contributed by atoms with van der Waals surface area (Å²) in [5.74, 6) is 1.34. The summed E-state index contributed by atoms with van der Waals surface area (Å²) in [4.78, 5) is 4.24. The summed E-state index contributed by atoms with van der Waals surface area (Å²) in [5.41, 5.74) is -0.551. The molecule has 0 atom stereocenters. The second-order valence-electron chi connectivity index (χ2n) is 4.35. The molecule has 1 saturated carbocycles. The number of pyridine rings is 1. The first-order chi connectivity index (χ1) is 7.72. The van der Waals surface area contributed by atoms with E-state index in [1.165, 1.54) is 0 Å². The quantitative estimate of drug-likeness (QED) is 0.815. The summed E-state index contributed by atoms with van der Waals surface area (Å²) in [6.45, 7) is 0.563. The van der Waals surface area contributed by atoms with Crippen LogP contribution in [0.5, 0.6) is 5.88 Å². The number of anilines is 1. The van der Waals surface area contributed by atoms with Crippen molar-refractivity contribution in [2.45, 2.75) is 31.3 Å². The maximum absolute atomic E-state index is 10.2. The zero-order valence-electron chi connectivity index (χ0n) is 9.57. The average molecular weight is 222 g/mol. The summed E-state index contributed by atoms with van der Waals surface area (Å²) in [7, 11) is 1.59. The van der Waals surface area contributed by atoms with Crippen molar-refractivity contribution in [2.75, 3.05) is 19.0 Å². The average Bonchev–Trinajstić information content (AvgIpc) is 2.75. The molecule has 0 radical (unpaired) electrons. The Balaban J connectivity index is 1.93. The third-order valence-electron chi connectivity index (χ3n) is 3.07. The molecule has 0 unspecified atom stereocenters. The molecule has 2 N–H and O–H groups in total. The van der Waals surface area contributed by atoms with Gasteiger partial charge in [-0.1, -0.05) is 18.9 Å². The Morgan fingerprint density at radius 1 is 1.44 bits per heavy atom. The molecule has 1 aromatic heterocycles. The van der Waals surface area contributed by atoms with Crippen LogP contribution >= 0.6 is 0 Å². The molecular weight excluding hydrogens is 204 g/mol. The van der Waals surface area contributed by atoms with E-state index >= 15 is 0 Å². The smallest absolute Gasteiger partial charge is 0.214 e. The van der Waals surface area contributed by atoms with Crippen molar-refractivity contribution in [3.05, 3.63) is 18.2 Å². The van der Waals surface area contributed by atoms with Crippen LogP contribution in [-0.4, -0.2) is 29.3 Å². The van der Waals surface area contributed by atoms with Crippen molar-refractivity contribution < 1.29 is 9.84 Å². The van der Waals surface area contributed by atoms with Crippen LogP contribution in [0.4, 0.5) is 5.82 Å². The van der Waals surface area contributed by atoms with Crippen LogP contribution in [0, 0.1) is 0 Å². The fourth-order valence-electron chi connectivity index (χ4n) is 2.09. The number of aliphatic hydroxyl groups is 1. The van der Waals surface area contributed by atoms with Gasteiger partial charge in [0.25, 0.3) is 0 Å². The number of aromatic nitrogens is 1. The van der Waals surface area contributed by atoms with Crippen molar-refractivity contribution in [3.63, 3.8) is 0 Å². The Kier molecular flexibility index (Phi) is 3.29. The van der Waals surface area contributed by atoms with Crippen LogP contribution < -0.4 is 10.1 Å². The first kappa shape index (κ1) is 11.2. The lowest BCUT2D eigenvalue weighted by Crippen LogP contribution is -2.33. The van der Waals surface area contributed by atoms with Gasteiger partial charge in [-0.15, -0.1) is 0 Å². The molecule has 0 amide bonds. The highest BCUT2D eigenvalue weighted by atomic mass is 16.5. The minimum Gasteiger partial charge on any atom is -0.481 e. The highest BCUT2D eigenvalue weighted by molar-refractivity contribution is 5.37. The molecule has 16 heavy (non-hydrogen) atoms. The summed E-state index contributed by atoms with van der Waals surface area (Å²) >= 11 is 0. The third-order valence-corrected chi connectivity index (χ3v) is 3.07. The summed E-state index contributed by atoms with van der Waals surface area (Å²) in [6, 6.07) is 5.56. The van der Waals surface area contributed by atoms with Gasteiger partial charge in [0, 0.05) is 12.6 Å². The first-order valence-electron chi connectivity index (χ1n) is 5.69. The minimum absolute atomic E-state index is 0.551. The minimum atomic E-state index is -0.551. The molecule has 1 aliphatic rings. The molecule has 4 nitrogen and oxygen atoms in total. The number of nitrogens with zero attached hydrogens (tertiary/aromatic N) is 1. The molecule has 0 aliphatic heterocycles. The van der Waals surface area contributed by atoms with E-state index in [9.17, 15) is 5.11 Å². The lowest BCUT2D eigenvalue weighted by atomic mass is 10.0. The predicted molar refractivity (Wildman–Crippen MR) is 62.7 cm³/mol. The van der Waals surface area contributed by atoms with Gasteiger partial charge in [0.15, 0.2) is 0 Å². The molecule has 1 heterocycles. The van der Waals surface area contributed by atoms with Crippen molar-refractivity contribution in [2.24, 2.45) is 0 Å². The van der Waals surface area contributed by atoms with Crippen LogP contribution in [-0.2, 0) is 0 Å². The van der Waals surface area contributed by atoms with E-state index in [1.807, 2.05) is 12.1 Å². The fraction of sp³-hybridized carbons (Fsp3) is 0.583. The van der Waals surface area contributed by atoms with Crippen LogP contribution in [0.3, 0.4) is 0 Å². The number of ether oxygens (including phenoxy) is 1. The van der Waals surface area contributed by atoms with Gasteiger partial charge in [-0.3, -0.25) is 0 Å². The number of hydrogen-bond donors (Lipinski definition) is 2. The molecule has 0 aromatic carbocycles. The number of hydrogen-bond acceptors (Lipinski definition) is 4. The summed E-state index contributed by atoms with van der Waals surface area (Å²) in [5, 5.41) is 13.3. The number of nitrogens with one attached hydrogen (secondary N) is 1. The monoisotopic (exact) mass is 222 g/mol. The van der Waals surface area contributed by atoms with Gasteiger partial charge in [-0.25, -0.2) is 0 Å². The molecule has 0 saturated heterocycles. The second-order valence-corrected chi connectivity index (χ2v) is 4.35. The topological polar surface area (TPSA) is 54.4 Å². The van der Waals surface area contributed by atoms with Crippen LogP contribution in [0.25, 0.3) is 0 Å². The van der Waals surface area contributed by atoms with Crippen LogP contribution in [0.15, 0.2) is 18.2 Å². The second kappa shape index (κ2) is 4.70. The lowest BCUT2D eigenvalue weighted by Gasteiger charge is -2.22. The Hall–Kier alpha value is -1.29. The van der Waals surface area contributed by atoms with Gasteiger partial charge in [0.05, 0.1) is 12.7 Å². The SMILES string of the molecule is COc1cccc(NCC2(O)CCCC2)n1. The van der Waals surface area contributed by atoms with Crippen LogP contribution in [0.1, 0.15) is 25.7 Å². The van der Waals surface area contributed by atoms with Gasteiger partial charge in [0.1, 0.15) is 5.82 Å². The standard InChI is InChI=1S/C12H18N2O2/c1-16-11-6-4-5-10(14-11)13-9-12(15)7-2-3-8-12/h4-6,15H,2-3,7-9H2,1H3,(H,13,14). The summed E-state index contributed by atoms with van der Waals surface area (Å²) < 4.78 is 5.04. The van der Waals surface area contributed by atoms with Gasteiger partial charge in [0.2, 0.25) is 5.88 Å². The normalized spacial score (nSPS) is 18.4. The van der Waals surface area contributed by atoms with Crippen molar-refractivity contribution in [3.8, 4) is 5.88 Å². The van der Waals surface area contributed by atoms with E-state index in [1.54, 1.807) is 13.2 Å². The van der Waals surface area contributed by atoms with Gasteiger partial charge >= 0.3 is 0 Å². The van der Waals surface area contributed by atoms with Crippen molar-refractivity contribution in [1.82, 2.24) is 4.98 Å². The molecule has 0 bridgehead atoms. The molecule has 1 aliphatic carbocycles. The molecule has 88 valence electrons. The van der Waals surface area contributed by atoms with E-state index in [0.717, 1.165) is 31.5 Å². The highest BCUT2D eigenvalue weighted by Crippen LogP contribution is 2.29. The Morgan fingerprint density at radius 2 is 2.19 bits per heavy atom. The molecule has 4 heteroatoms. The molecule has 1 aromatic rings. The van der Waals surface area contributed by atoms with E-state index < -0.39 is 5.60 Å². The number of rotatable bonds is 4. The molecule has 2 rings (SSSR count). The zero-order valence-corrected chi connectivity index (χ0v) is 9.57. The lowest BCUT2D eigenvalue weighted by molar-refractivity contribution is 0.0614. The van der Waals surface area contributed by atoms with E-state index in [-0.39, 0.29) is 0 Å². The summed E-state index contributed by atoms with van der Waals surface area (Å²) in [6.07, 6.45) is 3.99. The highest BCUT2D eigenvalue weighted by Gasteiger charge is 2.30.